The van der Waals surface area contributed by atoms with Crippen molar-refractivity contribution in [2.45, 2.75) is 43.7 Å². The van der Waals surface area contributed by atoms with Crippen molar-refractivity contribution in [3.05, 3.63) is 94.8 Å². The van der Waals surface area contributed by atoms with Gasteiger partial charge < -0.3 is 4.74 Å². The van der Waals surface area contributed by atoms with Crippen LogP contribution in [0.15, 0.2) is 71.8 Å². The summed E-state index contributed by atoms with van der Waals surface area (Å²) >= 11 is 0. The second-order valence-corrected chi connectivity index (χ2v) is 11.5. The van der Waals surface area contributed by atoms with Crippen LogP contribution in [0.3, 0.4) is 0 Å². The summed E-state index contributed by atoms with van der Waals surface area (Å²) in [6, 6.07) is 15.1. The van der Waals surface area contributed by atoms with Gasteiger partial charge in [0.15, 0.2) is 5.65 Å². The minimum atomic E-state index is -4.63. The Labute approximate surface area is 212 Å². The van der Waals surface area contributed by atoms with Gasteiger partial charge in [-0.15, -0.1) is 0 Å². The molecule has 2 aromatic heterocycles. The van der Waals surface area contributed by atoms with Crippen molar-refractivity contribution in [1.82, 2.24) is 8.96 Å². The van der Waals surface area contributed by atoms with E-state index >= 15 is 0 Å². The second-order valence-electron chi connectivity index (χ2n) is 9.68. The van der Waals surface area contributed by atoms with Crippen LogP contribution in [0.25, 0.3) is 11.0 Å². The molecule has 0 fully saturated rings. The molecule has 0 unspecified atom stereocenters. The van der Waals surface area contributed by atoms with Crippen LogP contribution in [0, 0.1) is 0 Å². The van der Waals surface area contributed by atoms with Gasteiger partial charge in [-0.1, -0.05) is 45.0 Å². The Hall–Kier alpha value is -3.66. The lowest BCUT2D eigenvalue weighted by atomic mass is 9.87. The van der Waals surface area contributed by atoms with E-state index in [-0.39, 0.29) is 33.5 Å². The molecule has 194 valence electrons. The van der Waals surface area contributed by atoms with E-state index < -0.39 is 27.7 Å². The Kier molecular flexibility index (Phi) is 6.66. The number of hydrogen-bond acceptors (Lipinski definition) is 5. The maximum absolute atomic E-state index is 13.9. The number of alkyl halides is 3. The van der Waals surface area contributed by atoms with E-state index in [1.54, 1.807) is 24.3 Å². The molecule has 0 spiro atoms. The van der Waals surface area contributed by atoms with Crippen molar-refractivity contribution in [3.8, 4) is 0 Å². The molecule has 4 rings (SSSR count). The molecule has 0 saturated carbocycles. The first-order valence-corrected chi connectivity index (χ1v) is 12.8. The Morgan fingerprint density at radius 3 is 2.24 bits per heavy atom. The van der Waals surface area contributed by atoms with Crippen LogP contribution >= 0.6 is 0 Å². The highest BCUT2D eigenvalue weighted by atomic mass is 32.2. The van der Waals surface area contributed by atoms with Crippen molar-refractivity contribution in [2.75, 3.05) is 7.11 Å². The van der Waals surface area contributed by atoms with Gasteiger partial charge in [0.2, 0.25) is 0 Å². The molecular formula is C27H25F3N2O4S. The van der Waals surface area contributed by atoms with Crippen molar-refractivity contribution in [3.63, 3.8) is 0 Å². The number of benzene rings is 2. The van der Waals surface area contributed by atoms with Crippen LogP contribution in [0.1, 0.15) is 53.5 Å². The molecule has 0 atom stereocenters. The first-order valence-electron chi connectivity index (χ1n) is 11.3. The SMILES string of the molecule is COC(=O)c1ccc(Cc2cc3cc(C(F)(F)F)cnc3n2S(=O)(=O)c2cccc(C(C)(C)C)c2)cc1. The summed E-state index contributed by atoms with van der Waals surface area (Å²) in [6.45, 7) is 5.86. The Balaban J connectivity index is 1.89. The topological polar surface area (TPSA) is 78.3 Å². The Morgan fingerprint density at radius 2 is 1.65 bits per heavy atom. The normalized spacial score (nSPS) is 12.6. The molecule has 0 saturated heterocycles. The number of halogens is 3. The summed E-state index contributed by atoms with van der Waals surface area (Å²) in [5.74, 6) is -0.522. The van der Waals surface area contributed by atoms with Gasteiger partial charge in [0, 0.05) is 23.7 Å². The first kappa shape index (κ1) is 26.4. The van der Waals surface area contributed by atoms with Crippen LogP contribution in [0.2, 0.25) is 0 Å². The number of ether oxygens (including phenoxy) is 1. The lowest BCUT2D eigenvalue weighted by Gasteiger charge is -2.20. The number of hydrogen-bond donors (Lipinski definition) is 0. The number of carbonyl (C=O) groups is 1. The highest BCUT2D eigenvalue weighted by molar-refractivity contribution is 7.90. The van der Waals surface area contributed by atoms with Crippen LogP contribution in [0.5, 0.6) is 0 Å². The Bertz CT molecular complexity index is 1580. The molecule has 0 aliphatic carbocycles. The Morgan fingerprint density at radius 1 is 0.973 bits per heavy atom. The third kappa shape index (κ3) is 5.24. The minimum Gasteiger partial charge on any atom is -0.465 e. The zero-order valence-electron chi connectivity index (χ0n) is 20.6. The van der Waals surface area contributed by atoms with Gasteiger partial charge in [-0.3, -0.25) is 0 Å². The van der Waals surface area contributed by atoms with Crippen LogP contribution in [-0.2, 0) is 32.8 Å². The summed E-state index contributed by atoms with van der Waals surface area (Å²) in [5.41, 5.74) is 0.579. The number of aromatic nitrogens is 2. The minimum absolute atomic E-state index is 0.00131. The van der Waals surface area contributed by atoms with Crippen molar-refractivity contribution >= 4 is 27.0 Å². The highest BCUT2D eigenvalue weighted by Crippen LogP contribution is 2.34. The first-order chi connectivity index (χ1) is 17.2. The van der Waals surface area contributed by atoms with Gasteiger partial charge in [0.1, 0.15) is 0 Å². The fourth-order valence-corrected chi connectivity index (χ4v) is 5.53. The molecule has 0 N–H and O–H groups in total. The van der Waals surface area contributed by atoms with E-state index in [2.05, 4.69) is 4.98 Å². The van der Waals surface area contributed by atoms with Crippen LogP contribution < -0.4 is 0 Å². The summed E-state index contributed by atoms with van der Waals surface area (Å²) < 4.78 is 73.6. The van der Waals surface area contributed by atoms with Crippen LogP contribution in [0.4, 0.5) is 13.2 Å². The highest BCUT2D eigenvalue weighted by Gasteiger charge is 2.33. The van der Waals surface area contributed by atoms with Crippen molar-refractivity contribution in [1.29, 1.82) is 0 Å². The van der Waals surface area contributed by atoms with E-state index in [9.17, 15) is 26.4 Å². The number of methoxy groups -OCH3 is 1. The van der Waals surface area contributed by atoms with Crippen molar-refractivity contribution < 1.29 is 31.1 Å². The van der Waals surface area contributed by atoms with E-state index in [0.717, 1.165) is 15.6 Å². The predicted octanol–water partition coefficient (Wildman–Crippen LogP) is 5.97. The molecule has 2 heterocycles. The number of pyridine rings is 1. The van der Waals surface area contributed by atoms with E-state index in [0.29, 0.717) is 17.3 Å². The molecule has 0 radical (unpaired) electrons. The van der Waals surface area contributed by atoms with Gasteiger partial charge in [-0.05, 0) is 52.9 Å². The zero-order chi connectivity index (χ0) is 27.2. The van der Waals surface area contributed by atoms with Gasteiger partial charge >= 0.3 is 12.1 Å². The summed E-state index contributed by atoms with van der Waals surface area (Å²) in [7, 11) is -2.97. The lowest BCUT2D eigenvalue weighted by Crippen LogP contribution is -2.18. The maximum Gasteiger partial charge on any atom is 0.417 e. The maximum atomic E-state index is 13.9. The molecule has 0 amide bonds. The predicted molar refractivity (Wildman–Crippen MR) is 133 cm³/mol. The molecule has 4 aromatic rings. The summed E-state index contributed by atoms with van der Waals surface area (Å²) in [4.78, 5) is 15.7. The fourth-order valence-electron chi connectivity index (χ4n) is 3.98. The van der Waals surface area contributed by atoms with E-state index in [1.165, 1.54) is 31.4 Å². The molecular weight excluding hydrogens is 505 g/mol. The summed E-state index contributed by atoms with van der Waals surface area (Å²) in [5, 5.41) is 0.0477. The molecule has 10 heteroatoms. The quantitative estimate of drug-likeness (QED) is 0.297. The molecule has 0 aliphatic rings. The summed E-state index contributed by atoms with van der Waals surface area (Å²) in [6.07, 6.45) is -3.93. The number of rotatable bonds is 5. The molecule has 2 aromatic carbocycles. The molecule has 0 bridgehead atoms. The number of fused-ring (bicyclic) bond motifs is 1. The number of esters is 1. The lowest BCUT2D eigenvalue weighted by molar-refractivity contribution is -0.137. The second kappa shape index (κ2) is 9.33. The monoisotopic (exact) mass is 530 g/mol. The number of nitrogens with zero attached hydrogens (tertiary/aromatic N) is 2. The smallest absolute Gasteiger partial charge is 0.417 e. The van der Waals surface area contributed by atoms with E-state index in [1.807, 2.05) is 26.8 Å². The average molecular weight is 531 g/mol. The number of carbonyl (C=O) groups excluding carboxylic acids is 1. The molecule has 37 heavy (non-hydrogen) atoms. The van der Waals surface area contributed by atoms with Gasteiger partial charge in [-0.25, -0.2) is 22.2 Å². The van der Waals surface area contributed by atoms with Gasteiger partial charge in [0.05, 0.1) is 23.1 Å². The van der Waals surface area contributed by atoms with Crippen LogP contribution in [-0.4, -0.2) is 30.5 Å². The van der Waals surface area contributed by atoms with Gasteiger partial charge in [0.25, 0.3) is 10.0 Å². The third-order valence-corrected chi connectivity index (χ3v) is 7.73. The zero-order valence-corrected chi connectivity index (χ0v) is 21.4. The molecule has 0 aliphatic heterocycles. The standard InChI is InChI=1S/C27H25F3N2O4S/c1-26(2,3)20-6-5-7-23(15-20)37(34,35)32-22(12-17-8-10-18(11-9-17)25(33)36-4)14-19-13-21(27(28,29)30)16-31-24(19)32/h5-11,13-16H,12H2,1-4H3. The third-order valence-electron chi connectivity index (χ3n) is 6.00. The molecule has 6 nitrogen and oxygen atoms in total. The van der Waals surface area contributed by atoms with Gasteiger partial charge in [-0.2, -0.15) is 13.2 Å². The fraction of sp³-hybridized carbons (Fsp3) is 0.259. The largest absolute Gasteiger partial charge is 0.465 e. The average Bonchev–Trinajstić information content (AvgIpc) is 3.21. The van der Waals surface area contributed by atoms with Crippen molar-refractivity contribution in [2.24, 2.45) is 0 Å². The van der Waals surface area contributed by atoms with E-state index in [4.69, 9.17) is 4.74 Å².